The minimum atomic E-state index is 0.252. The van der Waals surface area contributed by atoms with Crippen molar-refractivity contribution in [3.8, 4) is 5.75 Å². The highest BCUT2D eigenvalue weighted by Gasteiger charge is 2.20. The Labute approximate surface area is 220 Å². The number of anilines is 1. The summed E-state index contributed by atoms with van der Waals surface area (Å²) < 4.78 is 5.16. The number of benzene rings is 2. The molecule has 0 N–H and O–H groups in total. The van der Waals surface area contributed by atoms with E-state index in [1.807, 2.05) is 85.6 Å². The maximum Gasteiger partial charge on any atom is 0.222 e. The second kappa shape index (κ2) is 13.9. The van der Waals surface area contributed by atoms with Crippen molar-refractivity contribution >= 4 is 23.3 Å². The number of aryl methyl sites for hydroxylation is 1. The summed E-state index contributed by atoms with van der Waals surface area (Å²) in [4.78, 5) is 29.0. The molecule has 0 radical (unpaired) electrons. The molecule has 194 valence electrons. The van der Waals surface area contributed by atoms with Crippen LogP contribution in [0.2, 0.25) is 0 Å². The van der Waals surface area contributed by atoms with Crippen LogP contribution < -0.4 is 9.64 Å². The van der Waals surface area contributed by atoms with Crippen LogP contribution >= 0.6 is 0 Å². The number of piperazine rings is 1. The van der Waals surface area contributed by atoms with Gasteiger partial charge in [0, 0.05) is 57.1 Å². The zero-order valence-electron chi connectivity index (χ0n) is 22.5. The fraction of sp³-hybridized carbons (Fsp3) is 0.333. The van der Waals surface area contributed by atoms with E-state index in [-0.39, 0.29) is 5.91 Å². The lowest BCUT2D eigenvalue weighted by Gasteiger charge is -2.35. The molecule has 1 aromatic heterocycles. The van der Waals surface area contributed by atoms with Gasteiger partial charge in [-0.1, -0.05) is 37.3 Å². The predicted molar refractivity (Wildman–Crippen MR) is 152 cm³/mol. The molecule has 2 heterocycles. The number of carbonyl (C=O) groups is 1. The van der Waals surface area contributed by atoms with Crippen LogP contribution in [0.3, 0.4) is 0 Å². The molecule has 0 saturated carbocycles. The van der Waals surface area contributed by atoms with Gasteiger partial charge in [-0.25, -0.2) is 9.98 Å². The first-order valence-electron chi connectivity index (χ1n) is 12.6. The molecule has 0 aliphatic carbocycles. The maximum absolute atomic E-state index is 11.6. The summed E-state index contributed by atoms with van der Waals surface area (Å²) in [6, 6.07) is 21.9. The summed E-state index contributed by atoms with van der Waals surface area (Å²) >= 11 is 0. The summed E-state index contributed by atoms with van der Waals surface area (Å²) in [6.45, 7) is 9.35. The third kappa shape index (κ3) is 8.00. The highest BCUT2D eigenvalue weighted by Crippen LogP contribution is 2.15. The molecule has 1 saturated heterocycles. The Morgan fingerprint density at radius 2 is 1.65 bits per heavy atom. The van der Waals surface area contributed by atoms with E-state index >= 15 is 0 Å². The van der Waals surface area contributed by atoms with Gasteiger partial charge in [-0.15, -0.1) is 0 Å². The van der Waals surface area contributed by atoms with Crippen LogP contribution in [0.4, 0.5) is 5.82 Å². The van der Waals surface area contributed by atoms with Crippen molar-refractivity contribution in [2.45, 2.75) is 27.2 Å². The van der Waals surface area contributed by atoms with E-state index in [4.69, 9.17) is 4.74 Å². The van der Waals surface area contributed by atoms with E-state index in [1.54, 1.807) is 14.2 Å². The number of hydrogen-bond donors (Lipinski definition) is 0. The van der Waals surface area contributed by atoms with Gasteiger partial charge >= 0.3 is 0 Å². The molecule has 4 rings (SSSR count). The smallest absolute Gasteiger partial charge is 0.222 e. The van der Waals surface area contributed by atoms with Gasteiger partial charge < -0.3 is 14.5 Å². The van der Waals surface area contributed by atoms with Crippen molar-refractivity contribution < 1.29 is 9.53 Å². The minimum Gasteiger partial charge on any atom is -0.497 e. The van der Waals surface area contributed by atoms with Crippen molar-refractivity contribution in [2.24, 2.45) is 9.98 Å². The lowest BCUT2D eigenvalue weighted by molar-refractivity contribution is -0.131. The zero-order chi connectivity index (χ0) is 26.6. The molecule has 1 amide bonds. The Balaban J connectivity index is 0.000000208. The van der Waals surface area contributed by atoms with E-state index in [2.05, 4.69) is 32.9 Å². The highest BCUT2D eigenvalue weighted by atomic mass is 16.5. The first kappa shape index (κ1) is 27.6. The minimum absolute atomic E-state index is 0.252. The fourth-order valence-corrected chi connectivity index (χ4v) is 3.99. The SMILES string of the molecule is CCC(=O)N1CCN(c2cc(C)ccn2)CC1.CN=C(N=C(C)c1ccccc1)c1ccc(OC)cc1. The molecule has 1 aliphatic heterocycles. The third-order valence-corrected chi connectivity index (χ3v) is 6.19. The highest BCUT2D eigenvalue weighted by molar-refractivity contribution is 6.11. The summed E-state index contributed by atoms with van der Waals surface area (Å²) in [7, 11) is 3.41. The molecule has 7 heteroatoms. The summed E-state index contributed by atoms with van der Waals surface area (Å²) in [6.07, 6.45) is 2.44. The topological polar surface area (TPSA) is 70.4 Å². The lowest BCUT2D eigenvalue weighted by atomic mass is 10.1. The number of aliphatic imine (C=N–C) groups is 2. The number of methoxy groups -OCH3 is 1. The second-order valence-corrected chi connectivity index (χ2v) is 8.75. The number of nitrogens with zero attached hydrogens (tertiary/aromatic N) is 5. The Bertz CT molecular complexity index is 1200. The van der Waals surface area contributed by atoms with Crippen LogP contribution in [0.25, 0.3) is 0 Å². The Hall–Kier alpha value is -4.00. The number of amides is 1. The number of aromatic nitrogens is 1. The molecule has 0 spiro atoms. The van der Waals surface area contributed by atoms with E-state index in [1.165, 1.54) is 5.56 Å². The average Bonchev–Trinajstić information content (AvgIpc) is 2.96. The summed E-state index contributed by atoms with van der Waals surface area (Å²) in [5.41, 5.74) is 4.25. The molecule has 1 aliphatic rings. The third-order valence-electron chi connectivity index (χ3n) is 6.19. The van der Waals surface area contributed by atoms with Crippen molar-refractivity contribution in [1.82, 2.24) is 9.88 Å². The molecule has 0 bridgehead atoms. The maximum atomic E-state index is 11.6. The van der Waals surface area contributed by atoms with Crippen LogP contribution in [-0.4, -0.2) is 67.7 Å². The first-order chi connectivity index (χ1) is 17.9. The number of pyridine rings is 1. The van der Waals surface area contributed by atoms with Gasteiger partial charge in [0.15, 0.2) is 5.84 Å². The van der Waals surface area contributed by atoms with Crippen LogP contribution in [0, 0.1) is 6.92 Å². The lowest BCUT2D eigenvalue weighted by Crippen LogP contribution is -2.48. The number of carbonyl (C=O) groups excluding carboxylic acids is 1. The number of ether oxygens (including phenoxy) is 1. The molecule has 2 aromatic carbocycles. The number of hydrogen-bond acceptors (Lipinski definition) is 5. The second-order valence-electron chi connectivity index (χ2n) is 8.75. The zero-order valence-corrected chi connectivity index (χ0v) is 22.5. The predicted octanol–water partition coefficient (Wildman–Crippen LogP) is 5.03. The van der Waals surface area contributed by atoms with E-state index < -0.39 is 0 Å². The van der Waals surface area contributed by atoms with Crippen LogP contribution in [0.5, 0.6) is 5.75 Å². The van der Waals surface area contributed by atoms with Crippen molar-refractivity contribution in [3.63, 3.8) is 0 Å². The molecule has 0 atom stereocenters. The Kier molecular flexibility index (Phi) is 10.4. The van der Waals surface area contributed by atoms with Crippen LogP contribution in [0.15, 0.2) is 82.9 Å². The largest absolute Gasteiger partial charge is 0.497 e. The van der Waals surface area contributed by atoms with Gasteiger partial charge in [-0.2, -0.15) is 0 Å². The van der Waals surface area contributed by atoms with Gasteiger partial charge in [0.1, 0.15) is 11.6 Å². The van der Waals surface area contributed by atoms with Gasteiger partial charge in [0.05, 0.1) is 7.11 Å². The van der Waals surface area contributed by atoms with Crippen molar-refractivity contribution in [1.29, 1.82) is 0 Å². The summed E-state index contributed by atoms with van der Waals surface area (Å²) in [5.74, 6) is 2.82. The molecular formula is C30H37N5O2. The monoisotopic (exact) mass is 499 g/mol. The van der Waals surface area contributed by atoms with E-state index in [0.29, 0.717) is 12.3 Å². The molecule has 7 nitrogen and oxygen atoms in total. The van der Waals surface area contributed by atoms with Crippen molar-refractivity contribution in [3.05, 3.63) is 89.6 Å². The average molecular weight is 500 g/mol. The van der Waals surface area contributed by atoms with Gasteiger partial charge in [0.2, 0.25) is 5.91 Å². The van der Waals surface area contributed by atoms with Crippen molar-refractivity contribution in [2.75, 3.05) is 45.2 Å². The fourth-order valence-electron chi connectivity index (χ4n) is 3.99. The van der Waals surface area contributed by atoms with E-state index in [0.717, 1.165) is 54.6 Å². The van der Waals surface area contributed by atoms with Gasteiger partial charge in [0.25, 0.3) is 0 Å². The Morgan fingerprint density at radius 3 is 2.22 bits per heavy atom. The molecular weight excluding hydrogens is 462 g/mol. The first-order valence-corrected chi connectivity index (χ1v) is 12.6. The molecule has 1 fully saturated rings. The normalized spacial score (nSPS) is 14.1. The number of amidine groups is 1. The molecule has 0 unspecified atom stereocenters. The summed E-state index contributed by atoms with van der Waals surface area (Å²) in [5, 5.41) is 0. The standard InChI is InChI=1S/C17H18N2O.C13H19N3O/c1-13(14-7-5-4-6-8-14)19-17(18-2)15-9-11-16(20-3)12-10-15;1-3-13(17)16-8-6-15(7-9-16)12-10-11(2)4-5-14-12/h4-12H,1-3H3;4-5,10H,3,6-9H2,1-2H3. The van der Waals surface area contributed by atoms with E-state index in [9.17, 15) is 4.79 Å². The van der Waals surface area contributed by atoms with Crippen LogP contribution in [0.1, 0.15) is 37.0 Å². The van der Waals surface area contributed by atoms with Crippen LogP contribution in [-0.2, 0) is 4.79 Å². The Morgan fingerprint density at radius 1 is 0.973 bits per heavy atom. The molecule has 37 heavy (non-hydrogen) atoms. The number of rotatable bonds is 5. The quantitative estimate of drug-likeness (QED) is 0.365. The van der Waals surface area contributed by atoms with Gasteiger partial charge in [-0.05, 0) is 61.4 Å². The van der Waals surface area contributed by atoms with Gasteiger partial charge in [-0.3, -0.25) is 9.79 Å². The molecule has 3 aromatic rings.